The summed E-state index contributed by atoms with van der Waals surface area (Å²) in [7, 11) is 1.54. The Labute approximate surface area is 112 Å². The predicted octanol–water partition coefficient (Wildman–Crippen LogP) is 1.55. The quantitative estimate of drug-likeness (QED) is 0.897. The minimum atomic E-state index is -0.0434. The van der Waals surface area contributed by atoms with Gasteiger partial charge in [-0.1, -0.05) is 0 Å². The Bertz CT molecular complexity index is 443. The largest absolute Gasteiger partial charge is 0.481 e. The molecule has 1 fully saturated rings. The zero-order chi connectivity index (χ0) is 13.7. The molecule has 0 bridgehead atoms. The molecular weight excluding hydrogens is 246 g/mol. The molecule has 1 N–H and O–H groups in total. The smallest absolute Gasteiger partial charge is 0.232 e. The number of amides is 1. The highest BCUT2D eigenvalue weighted by molar-refractivity contribution is 5.90. The lowest BCUT2D eigenvalue weighted by atomic mass is 10.00. The highest BCUT2D eigenvalue weighted by Crippen LogP contribution is 2.18. The van der Waals surface area contributed by atoms with Gasteiger partial charge in [0.05, 0.1) is 7.11 Å². The summed E-state index contributed by atoms with van der Waals surface area (Å²) in [6.07, 6.45) is 2.50. The van der Waals surface area contributed by atoms with Crippen molar-refractivity contribution in [3.8, 4) is 5.88 Å². The number of nitrogens with zero attached hydrogens (tertiary/aromatic N) is 2. The van der Waals surface area contributed by atoms with Crippen LogP contribution in [-0.4, -0.2) is 36.2 Å². The molecule has 1 saturated heterocycles. The highest BCUT2D eigenvalue weighted by atomic mass is 16.5. The minimum Gasteiger partial charge on any atom is -0.481 e. The van der Waals surface area contributed by atoms with Gasteiger partial charge < -0.3 is 9.47 Å². The Hall–Kier alpha value is -1.69. The number of ether oxygens (including phenoxy) is 2. The van der Waals surface area contributed by atoms with Crippen molar-refractivity contribution in [1.29, 1.82) is 0 Å². The second kappa shape index (κ2) is 6.47. The summed E-state index contributed by atoms with van der Waals surface area (Å²) in [4.78, 5) is 20.4. The van der Waals surface area contributed by atoms with E-state index >= 15 is 0 Å². The molecule has 1 atom stereocenters. The van der Waals surface area contributed by atoms with Crippen molar-refractivity contribution < 1.29 is 14.3 Å². The molecule has 6 heteroatoms. The van der Waals surface area contributed by atoms with Crippen molar-refractivity contribution in [3.63, 3.8) is 0 Å². The summed E-state index contributed by atoms with van der Waals surface area (Å²) >= 11 is 0. The first-order valence-electron chi connectivity index (χ1n) is 6.47. The van der Waals surface area contributed by atoms with Crippen LogP contribution in [0.5, 0.6) is 5.88 Å². The van der Waals surface area contributed by atoms with Crippen molar-refractivity contribution in [1.82, 2.24) is 9.97 Å². The number of hydrogen-bond donors (Lipinski definition) is 1. The maximum atomic E-state index is 12.1. The molecule has 19 heavy (non-hydrogen) atoms. The summed E-state index contributed by atoms with van der Waals surface area (Å²) in [5.74, 6) is 0.676. The van der Waals surface area contributed by atoms with Gasteiger partial charge in [-0.2, -0.15) is 4.98 Å². The molecule has 0 spiro atoms. The standard InChI is InChI=1S/C13H19N3O3/c1-9-8-11(18-2)15-13(14-9)16-12(17)10-4-3-6-19-7-5-10/h8,10H,3-7H2,1-2H3,(H,14,15,16,17). The van der Waals surface area contributed by atoms with E-state index in [-0.39, 0.29) is 11.8 Å². The van der Waals surface area contributed by atoms with Gasteiger partial charge in [-0.25, -0.2) is 4.98 Å². The number of carbonyl (C=O) groups excluding carboxylic acids is 1. The van der Waals surface area contributed by atoms with Crippen LogP contribution in [0, 0.1) is 12.8 Å². The number of anilines is 1. The average molecular weight is 265 g/mol. The number of nitrogens with one attached hydrogen (secondary N) is 1. The number of rotatable bonds is 3. The van der Waals surface area contributed by atoms with E-state index in [0.717, 1.165) is 31.6 Å². The lowest BCUT2D eigenvalue weighted by Crippen LogP contribution is -2.24. The summed E-state index contributed by atoms with van der Waals surface area (Å²) < 4.78 is 10.4. The van der Waals surface area contributed by atoms with Crippen LogP contribution in [0.1, 0.15) is 25.0 Å². The first kappa shape index (κ1) is 13.7. The minimum absolute atomic E-state index is 0.0300. The topological polar surface area (TPSA) is 73.3 Å². The SMILES string of the molecule is COc1cc(C)nc(NC(=O)C2CCCOCC2)n1. The zero-order valence-corrected chi connectivity index (χ0v) is 11.3. The predicted molar refractivity (Wildman–Crippen MR) is 70.1 cm³/mol. The third-order valence-corrected chi connectivity index (χ3v) is 3.10. The molecule has 0 saturated carbocycles. The van der Waals surface area contributed by atoms with Crippen LogP contribution in [-0.2, 0) is 9.53 Å². The van der Waals surface area contributed by atoms with Crippen LogP contribution in [0.15, 0.2) is 6.07 Å². The Morgan fingerprint density at radius 1 is 1.42 bits per heavy atom. The van der Waals surface area contributed by atoms with E-state index < -0.39 is 0 Å². The van der Waals surface area contributed by atoms with Gasteiger partial charge in [-0.3, -0.25) is 10.1 Å². The molecule has 1 aliphatic heterocycles. The lowest BCUT2D eigenvalue weighted by molar-refractivity contribution is -0.120. The third kappa shape index (κ3) is 3.89. The molecule has 2 heterocycles. The van der Waals surface area contributed by atoms with Crippen LogP contribution in [0.25, 0.3) is 0 Å². The first-order valence-corrected chi connectivity index (χ1v) is 6.47. The van der Waals surface area contributed by atoms with Crippen LogP contribution in [0.4, 0.5) is 5.95 Å². The Morgan fingerprint density at radius 2 is 2.26 bits per heavy atom. The molecule has 1 amide bonds. The number of hydrogen-bond acceptors (Lipinski definition) is 5. The maximum absolute atomic E-state index is 12.1. The molecule has 0 aromatic carbocycles. The molecule has 104 valence electrons. The van der Waals surface area contributed by atoms with Crippen molar-refractivity contribution in [2.24, 2.45) is 5.92 Å². The second-order valence-electron chi connectivity index (χ2n) is 4.60. The monoisotopic (exact) mass is 265 g/mol. The van der Waals surface area contributed by atoms with E-state index in [2.05, 4.69) is 15.3 Å². The van der Waals surface area contributed by atoms with Gasteiger partial charge in [0.25, 0.3) is 0 Å². The number of methoxy groups -OCH3 is 1. The second-order valence-corrected chi connectivity index (χ2v) is 4.60. The fourth-order valence-corrected chi connectivity index (χ4v) is 2.08. The first-order chi connectivity index (χ1) is 9.19. The Balaban J connectivity index is 2.03. The van der Waals surface area contributed by atoms with Gasteiger partial charge in [0.2, 0.25) is 17.7 Å². The molecule has 1 aromatic heterocycles. The maximum Gasteiger partial charge on any atom is 0.232 e. The third-order valence-electron chi connectivity index (χ3n) is 3.10. The number of carbonyl (C=O) groups is 1. The number of aryl methyl sites for hydroxylation is 1. The van der Waals surface area contributed by atoms with E-state index in [0.29, 0.717) is 18.4 Å². The molecule has 2 rings (SSSR count). The van der Waals surface area contributed by atoms with E-state index in [9.17, 15) is 4.79 Å². The Morgan fingerprint density at radius 3 is 3.05 bits per heavy atom. The molecule has 1 aliphatic rings. The van der Waals surface area contributed by atoms with Gasteiger partial charge in [0.1, 0.15) is 0 Å². The molecule has 1 aromatic rings. The van der Waals surface area contributed by atoms with Crippen molar-refractivity contribution >= 4 is 11.9 Å². The van der Waals surface area contributed by atoms with Crippen molar-refractivity contribution in [3.05, 3.63) is 11.8 Å². The average Bonchev–Trinajstić information content (AvgIpc) is 2.66. The zero-order valence-electron chi connectivity index (χ0n) is 11.3. The molecule has 0 radical (unpaired) electrons. The van der Waals surface area contributed by atoms with Crippen LogP contribution >= 0.6 is 0 Å². The highest BCUT2D eigenvalue weighted by Gasteiger charge is 2.21. The van der Waals surface area contributed by atoms with E-state index in [1.165, 1.54) is 7.11 Å². The summed E-state index contributed by atoms with van der Waals surface area (Å²) in [5.41, 5.74) is 0.756. The molecule has 6 nitrogen and oxygen atoms in total. The summed E-state index contributed by atoms with van der Waals surface area (Å²) in [6.45, 7) is 3.20. The van der Waals surface area contributed by atoms with Crippen molar-refractivity contribution in [2.45, 2.75) is 26.2 Å². The lowest BCUT2D eigenvalue weighted by Gasteiger charge is -2.13. The van der Waals surface area contributed by atoms with Crippen LogP contribution < -0.4 is 10.1 Å². The van der Waals surface area contributed by atoms with E-state index in [1.807, 2.05) is 6.92 Å². The normalized spacial score (nSPS) is 19.6. The molecule has 1 unspecified atom stereocenters. The van der Waals surface area contributed by atoms with Gasteiger partial charge in [0, 0.05) is 30.9 Å². The summed E-state index contributed by atoms with van der Waals surface area (Å²) in [5, 5.41) is 2.76. The number of aromatic nitrogens is 2. The molecular formula is C13H19N3O3. The van der Waals surface area contributed by atoms with Gasteiger partial charge in [0.15, 0.2) is 0 Å². The Kier molecular flexibility index (Phi) is 4.68. The molecule has 0 aliphatic carbocycles. The fraction of sp³-hybridized carbons (Fsp3) is 0.615. The fourth-order valence-electron chi connectivity index (χ4n) is 2.08. The van der Waals surface area contributed by atoms with Gasteiger partial charge >= 0.3 is 0 Å². The van der Waals surface area contributed by atoms with Crippen LogP contribution in [0.3, 0.4) is 0 Å². The summed E-state index contributed by atoms with van der Waals surface area (Å²) in [6, 6.07) is 1.72. The van der Waals surface area contributed by atoms with E-state index in [4.69, 9.17) is 9.47 Å². The van der Waals surface area contributed by atoms with Crippen LogP contribution in [0.2, 0.25) is 0 Å². The van der Waals surface area contributed by atoms with E-state index in [1.54, 1.807) is 6.07 Å². The van der Waals surface area contributed by atoms with Gasteiger partial charge in [-0.15, -0.1) is 0 Å². The van der Waals surface area contributed by atoms with Crippen molar-refractivity contribution in [2.75, 3.05) is 25.6 Å². The van der Waals surface area contributed by atoms with Gasteiger partial charge in [-0.05, 0) is 26.2 Å².